The summed E-state index contributed by atoms with van der Waals surface area (Å²) in [6, 6.07) is 24.5. The second kappa shape index (κ2) is 10.1. The van der Waals surface area contributed by atoms with Crippen molar-refractivity contribution < 1.29 is 14.3 Å². The van der Waals surface area contributed by atoms with Crippen LogP contribution in [-0.2, 0) is 0 Å². The number of ether oxygens (including phenoxy) is 1. The summed E-state index contributed by atoms with van der Waals surface area (Å²) in [5, 5.41) is 7.61. The fraction of sp³-hybridized carbons (Fsp3) is 0.207. The van der Waals surface area contributed by atoms with Gasteiger partial charge in [-0.05, 0) is 79.9 Å². The molecular weight excluding hydrogens is 452 g/mol. The van der Waals surface area contributed by atoms with Crippen LogP contribution in [-0.4, -0.2) is 46.7 Å². The number of methoxy groups -OCH3 is 1. The molecule has 182 valence electrons. The molecule has 2 heterocycles. The molecule has 0 bridgehead atoms. The molecular formula is C29H28N4O3. The number of nitrogens with one attached hydrogen (secondary N) is 1. The van der Waals surface area contributed by atoms with Crippen LogP contribution in [0.25, 0.3) is 16.9 Å². The Balaban J connectivity index is 1.46. The molecule has 4 aromatic rings. The van der Waals surface area contributed by atoms with Crippen LogP contribution in [0.1, 0.15) is 39.3 Å². The number of carbonyl (C=O) groups excluding carboxylic acids is 2. The molecule has 0 aliphatic carbocycles. The van der Waals surface area contributed by atoms with Gasteiger partial charge < -0.3 is 15.0 Å². The number of carbonyl (C=O) groups is 2. The van der Waals surface area contributed by atoms with Gasteiger partial charge in [0, 0.05) is 29.9 Å². The summed E-state index contributed by atoms with van der Waals surface area (Å²) in [6.07, 6.45) is 2.06. The summed E-state index contributed by atoms with van der Waals surface area (Å²) in [5.74, 6) is 0.422. The van der Waals surface area contributed by atoms with Gasteiger partial charge in [0.1, 0.15) is 5.75 Å². The highest BCUT2D eigenvalue weighted by atomic mass is 16.5. The maximum Gasteiger partial charge on any atom is 0.276 e. The molecule has 2 amide bonds. The van der Waals surface area contributed by atoms with Gasteiger partial charge in [-0.1, -0.05) is 24.3 Å². The molecule has 1 saturated heterocycles. The lowest BCUT2D eigenvalue weighted by atomic mass is 10.1. The summed E-state index contributed by atoms with van der Waals surface area (Å²) in [6.45, 7) is 3.42. The second-order valence-corrected chi connectivity index (χ2v) is 8.82. The molecule has 0 unspecified atom stereocenters. The van der Waals surface area contributed by atoms with Crippen molar-refractivity contribution in [1.82, 2.24) is 14.7 Å². The first-order chi connectivity index (χ1) is 17.5. The molecule has 0 atom stereocenters. The predicted molar refractivity (Wildman–Crippen MR) is 140 cm³/mol. The van der Waals surface area contributed by atoms with Gasteiger partial charge in [-0.15, -0.1) is 0 Å². The van der Waals surface area contributed by atoms with E-state index in [-0.39, 0.29) is 17.5 Å². The molecule has 1 aliphatic heterocycles. The Bertz CT molecular complexity index is 1390. The number of anilines is 1. The highest BCUT2D eigenvalue weighted by Gasteiger charge is 2.23. The lowest BCUT2D eigenvalue weighted by Crippen LogP contribution is -2.28. The number of likely N-dealkylation sites (tertiary alicyclic amines) is 1. The zero-order valence-electron chi connectivity index (χ0n) is 20.4. The molecule has 7 nitrogen and oxygen atoms in total. The van der Waals surface area contributed by atoms with E-state index in [1.54, 1.807) is 23.9 Å². The molecule has 7 heteroatoms. The summed E-state index contributed by atoms with van der Waals surface area (Å²) in [5.41, 5.74) is 4.77. The molecule has 36 heavy (non-hydrogen) atoms. The highest BCUT2D eigenvalue weighted by Crippen LogP contribution is 2.27. The van der Waals surface area contributed by atoms with Gasteiger partial charge >= 0.3 is 0 Å². The van der Waals surface area contributed by atoms with Gasteiger partial charge in [-0.3, -0.25) is 9.59 Å². The maximum absolute atomic E-state index is 13.3. The average molecular weight is 481 g/mol. The largest absolute Gasteiger partial charge is 0.497 e. The fourth-order valence-corrected chi connectivity index (χ4v) is 4.51. The van der Waals surface area contributed by atoms with Crippen molar-refractivity contribution in [2.24, 2.45) is 0 Å². The van der Waals surface area contributed by atoms with Crippen LogP contribution in [0.3, 0.4) is 0 Å². The average Bonchev–Trinajstić information content (AvgIpc) is 3.61. The molecule has 3 aromatic carbocycles. The standard InChI is InChI=1S/C29H28N4O3/c1-20-24(29(35)32-17-6-7-18-32)11-8-12-25(20)30-28(34)26-19-27(21-13-15-23(36-2)16-14-21)33(31-26)22-9-4-3-5-10-22/h3-5,8-16,19H,6-7,17-18H2,1-2H3,(H,30,34). The molecule has 0 saturated carbocycles. The van der Waals surface area contributed by atoms with Gasteiger partial charge in [0.2, 0.25) is 0 Å². The quantitative estimate of drug-likeness (QED) is 0.404. The van der Waals surface area contributed by atoms with Gasteiger partial charge in [-0.2, -0.15) is 5.10 Å². The topological polar surface area (TPSA) is 76.5 Å². The van der Waals surface area contributed by atoms with Crippen molar-refractivity contribution in [3.05, 3.63) is 95.7 Å². The molecule has 1 aliphatic rings. The Morgan fingerprint density at radius 1 is 0.917 bits per heavy atom. The van der Waals surface area contributed by atoms with E-state index in [1.807, 2.05) is 78.6 Å². The van der Waals surface area contributed by atoms with Gasteiger partial charge in [0.25, 0.3) is 11.8 Å². The Morgan fingerprint density at radius 3 is 2.33 bits per heavy atom. The van der Waals surface area contributed by atoms with Crippen LogP contribution in [0.2, 0.25) is 0 Å². The van der Waals surface area contributed by atoms with Gasteiger partial charge in [0.15, 0.2) is 5.69 Å². The zero-order valence-corrected chi connectivity index (χ0v) is 20.4. The second-order valence-electron chi connectivity index (χ2n) is 8.82. The summed E-state index contributed by atoms with van der Waals surface area (Å²) in [7, 11) is 1.63. The van der Waals surface area contributed by atoms with Crippen molar-refractivity contribution in [2.75, 3.05) is 25.5 Å². The Hall–Kier alpha value is -4.39. The van der Waals surface area contributed by atoms with Crippen molar-refractivity contribution in [2.45, 2.75) is 19.8 Å². The Morgan fingerprint density at radius 2 is 1.64 bits per heavy atom. The van der Waals surface area contributed by atoms with Gasteiger partial charge in [-0.25, -0.2) is 4.68 Å². The minimum atomic E-state index is -0.340. The van der Waals surface area contributed by atoms with Crippen molar-refractivity contribution in [3.8, 4) is 22.7 Å². The van der Waals surface area contributed by atoms with Crippen LogP contribution in [0.15, 0.2) is 78.9 Å². The number of amides is 2. The first-order valence-electron chi connectivity index (χ1n) is 12.1. The molecule has 1 aromatic heterocycles. The lowest BCUT2D eigenvalue weighted by Gasteiger charge is -2.18. The summed E-state index contributed by atoms with van der Waals surface area (Å²) in [4.78, 5) is 28.2. The molecule has 0 radical (unpaired) electrons. The molecule has 0 spiro atoms. The monoisotopic (exact) mass is 480 g/mol. The third kappa shape index (κ3) is 4.60. The number of para-hydroxylation sites is 1. The minimum Gasteiger partial charge on any atom is -0.497 e. The Labute approximate surface area is 210 Å². The number of hydrogen-bond acceptors (Lipinski definition) is 4. The van der Waals surface area contributed by atoms with Crippen LogP contribution in [0, 0.1) is 6.92 Å². The van der Waals surface area contributed by atoms with E-state index < -0.39 is 0 Å². The normalized spacial score (nSPS) is 13.0. The van der Waals surface area contributed by atoms with Crippen molar-refractivity contribution in [1.29, 1.82) is 0 Å². The van der Waals surface area contributed by atoms with Crippen LogP contribution in [0.4, 0.5) is 5.69 Å². The highest BCUT2D eigenvalue weighted by molar-refractivity contribution is 6.05. The summed E-state index contributed by atoms with van der Waals surface area (Å²) < 4.78 is 7.05. The number of aromatic nitrogens is 2. The van der Waals surface area contributed by atoms with E-state index in [1.165, 1.54) is 0 Å². The minimum absolute atomic E-state index is 0.0104. The predicted octanol–water partition coefficient (Wildman–Crippen LogP) is 5.34. The zero-order chi connectivity index (χ0) is 25.1. The molecule has 5 rings (SSSR count). The number of benzene rings is 3. The number of hydrogen-bond donors (Lipinski definition) is 1. The van der Waals surface area contributed by atoms with E-state index in [0.717, 1.165) is 54.2 Å². The van der Waals surface area contributed by atoms with Crippen LogP contribution >= 0.6 is 0 Å². The first kappa shape index (κ1) is 23.4. The van der Waals surface area contributed by atoms with E-state index in [9.17, 15) is 9.59 Å². The third-order valence-electron chi connectivity index (χ3n) is 6.53. The third-order valence-corrected chi connectivity index (χ3v) is 6.53. The maximum atomic E-state index is 13.3. The van der Waals surface area contributed by atoms with Crippen LogP contribution in [0.5, 0.6) is 5.75 Å². The van der Waals surface area contributed by atoms with Crippen molar-refractivity contribution >= 4 is 17.5 Å². The number of nitrogens with zero attached hydrogens (tertiary/aromatic N) is 3. The van der Waals surface area contributed by atoms with Gasteiger partial charge in [0.05, 0.1) is 18.5 Å². The van der Waals surface area contributed by atoms with E-state index >= 15 is 0 Å². The first-order valence-corrected chi connectivity index (χ1v) is 12.1. The summed E-state index contributed by atoms with van der Waals surface area (Å²) >= 11 is 0. The molecule has 1 N–H and O–H groups in total. The van der Waals surface area contributed by atoms with Crippen molar-refractivity contribution in [3.63, 3.8) is 0 Å². The smallest absolute Gasteiger partial charge is 0.276 e. The van der Waals surface area contributed by atoms with Crippen LogP contribution < -0.4 is 10.1 Å². The SMILES string of the molecule is COc1ccc(-c2cc(C(=O)Nc3cccc(C(=O)N4CCCC4)c3C)nn2-c2ccccc2)cc1. The lowest BCUT2D eigenvalue weighted by molar-refractivity contribution is 0.0791. The van der Waals surface area contributed by atoms with E-state index in [4.69, 9.17) is 4.74 Å². The fourth-order valence-electron chi connectivity index (χ4n) is 4.51. The number of rotatable bonds is 6. The van der Waals surface area contributed by atoms with E-state index in [2.05, 4.69) is 10.4 Å². The molecule has 1 fully saturated rings. The van der Waals surface area contributed by atoms with E-state index in [0.29, 0.717) is 11.3 Å². The Kier molecular flexibility index (Phi) is 6.54.